The number of halogens is 1. The third-order valence-corrected chi connectivity index (χ3v) is 3.45. The zero-order valence-corrected chi connectivity index (χ0v) is 11.0. The van der Waals surface area contributed by atoms with E-state index in [1.54, 1.807) is 24.3 Å². The van der Waals surface area contributed by atoms with E-state index in [9.17, 15) is 13.2 Å². The molecule has 1 atom stereocenters. The van der Waals surface area contributed by atoms with Crippen LogP contribution in [-0.2, 0) is 14.6 Å². The molecule has 4 nitrogen and oxygen atoms in total. The Balaban J connectivity index is 2.45. The first-order chi connectivity index (χ1) is 7.87. The van der Waals surface area contributed by atoms with Crippen molar-refractivity contribution in [1.29, 1.82) is 0 Å². The van der Waals surface area contributed by atoms with Gasteiger partial charge in [-0.05, 0) is 12.1 Å². The summed E-state index contributed by atoms with van der Waals surface area (Å²) in [6.07, 6.45) is 1.07. The number of carbonyl (C=O) groups excluding carboxylic acids is 1. The van der Waals surface area contributed by atoms with E-state index in [0.29, 0.717) is 5.69 Å². The second kappa shape index (κ2) is 6.02. The zero-order chi connectivity index (χ0) is 12.9. The molecule has 0 radical (unpaired) electrons. The Hall–Kier alpha value is -1.07. The number of nitrogens with one attached hydrogen (secondary N) is 1. The number of para-hydroxylation sites is 1. The van der Waals surface area contributed by atoms with Gasteiger partial charge in [-0.25, -0.2) is 8.42 Å². The summed E-state index contributed by atoms with van der Waals surface area (Å²) in [7, 11) is -3.15. The van der Waals surface area contributed by atoms with Crippen LogP contribution in [0.1, 0.15) is 6.42 Å². The summed E-state index contributed by atoms with van der Waals surface area (Å²) < 4.78 is 21.9. The minimum Gasteiger partial charge on any atom is -0.326 e. The van der Waals surface area contributed by atoms with Gasteiger partial charge in [0, 0.05) is 18.4 Å². The van der Waals surface area contributed by atoms with Crippen LogP contribution < -0.4 is 5.32 Å². The van der Waals surface area contributed by atoms with Gasteiger partial charge >= 0.3 is 0 Å². The van der Waals surface area contributed by atoms with Crippen molar-refractivity contribution in [3.05, 3.63) is 30.3 Å². The van der Waals surface area contributed by atoms with Crippen LogP contribution in [0.3, 0.4) is 0 Å². The van der Waals surface area contributed by atoms with Crippen molar-refractivity contribution >= 4 is 33.0 Å². The first kappa shape index (κ1) is 14.0. The summed E-state index contributed by atoms with van der Waals surface area (Å²) in [6.45, 7) is 0. The van der Waals surface area contributed by atoms with Crippen LogP contribution >= 0.6 is 11.6 Å². The van der Waals surface area contributed by atoms with Crippen molar-refractivity contribution in [2.45, 2.75) is 11.8 Å². The van der Waals surface area contributed by atoms with Gasteiger partial charge in [0.2, 0.25) is 5.91 Å². The number of alkyl halides is 1. The molecule has 0 heterocycles. The van der Waals surface area contributed by atoms with Gasteiger partial charge < -0.3 is 5.32 Å². The highest BCUT2D eigenvalue weighted by Crippen LogP contribution is 2.09. The predicted molar refractivity (Wildman–Crippen MR) is 69.0 cm³/mol. The van der Waals surface area contributed by atoms with E-state index in [0.717, 1.165) is 6.26 Å². The zero-order valence-electron chi connectivity index (χ0n) is 9.39. The van der Waals surface area contributed by atoms with Crippen molar-refractivity contribution in [3.63, 3.8) is 0 Å². The van der Waals surface area contributed by atoms with E-state index in [4.69, 9.17) is 11.6 Å². The molecule has 0 saturated heterocycles. The number of benzene rings is 1. The largest absolute Gasteiger partial charge is 0.326 e. The number of amides is 1. The lowest BCUT2D eigenvalue weighted by Gasteiger charge is -2.08. The highest BCUT2D eigenvalue weighted by atomic mass is 35.5. The maximum absolute atomic E-state index is 11.5. The molecule has 0 bridgehead atoms. The first-order valence-electron chi connectivity index (χ1n) is 5.03. The highest BCUT2D eigenvalue weighted by molar-refractivity contribution is 7.90. The molecule has 1 aromatic rings. The number of sulfone groups is 1. The molecule has 0 aromatic heterocycles. The van der Waals surface area contributed by atoms with Gasteiger partial charge in [0.15, 0.2) is 0 Å². The Morgan fingerprint density at radius 3 is 2.47 bits per heavy atom. The lowest BCUT2D eigenvalue weighted by Crippen LogP contribution is -2.22. The summed E-state index contributed by atoms with van der Waals surface area (Å²) in [4.78, 5) is 11.5. The van der Waals surface area contributed by atoms with Crippen LogP contribution in [0.2, 0.25) is 0 Å². The average molecular weight is 276 g/mol. The quantitative estimate of drug-likeness (QED) is 0.832. The fraction of sp³-hybridized carbons (Fsp3) is 0.364. The van der Waals surface area contributed by atoms with Crippen LogP contribution in [0, 0.1) is 0 Å². The summed E-state index contributed by atoms with van der Waals surface area (Å²) >= 11 is 5.79. The SMILES string of the molecule is CS(=O)(=O)C[C@H](Cl)CC(=O)Nc1ccccc1. The molecule has 1 amide bonds. The van der Waals surface area contributed by atoms with Gasteiger partial charge in [-0.15, -0.1) is 11.6 Å². The van der Waals surface area contributed by atoms with Crippen molar-refractivity contribution in [2.24, 2.45) is 0 Å². The van der Waals surface area contributed by atoms with Crippen molar-refractivity contribution in [1.82, 2.24) is 0 Å². The molecule has 94 valence electrons. The molecule has 1 rings (SSSR count). The normalized spacial score (nSPS) is 13.1. The number of hydrogen-bond donors (Lipinski definition) is 1. The van der Waals surface area contributed by atoms with Gasteiger partial charge in [-0.1, -0.05) is 18.2 Å². The Kier molecular flexibility index (Phi) is 4.96. The molecular formula is C11H14ClNO3S. The van der Waals surface area contributed by atoms with E-state index in [1.807, 2.05) is 6.07 Å². The summed E-state index contributed by atoms with van der Waals surface area (Å²) in [5, 5.41) is 1.94. The molecule has 1 N–H and O–H groups in total. The third kappa shape index (κ3) is 6.28. The number of anilines is 1. The van der Waals surface area contributed by atoms with Crippen LogP contribution in [0.5, 0.6) is 0 Å². The fourth-order valence-electron chi connectivity index (χ4n) is 1.32. The predicted octanol–water partition coefficient (Wildman–Crippen LogP) is 1.67. The standard InChI is InChI=1S/C11H14ClNO3S/c1-17(15,16)8-9(12)7-11(14)13-10-5-3-2-4-6-10/h2-6,9H,7-8H2,1H3,(H,13,14)/t9-/m1/s1. The monoisotopic (exact) mass is 275 g/mol. The van der Waals surface area contributed by atoms with Crippen LogP contribution in [0.25, 0.3) is 0 Å². The second-order valence-corrected chi connectivity index (χ2v) is 6.61. The minimum atomic E-state index is -3.15. The second-order valence-electron chi connectivity index (χ2n) is 3.81. The molecule has 0 unspecified atom stereocenters. The van der Waals surface area contributed by atoms with Gasteiger partial charge in [-0.2, -0.15) is 0 Å². The van der Waals surface area contributed by atoms with E-state index in [-0.39, 0.29) is 18.1 Å². The van der Waals surface area contributed by atoms with E-state index in [2.05, 4.69) is 5.32 Å². The maximum atomic E-state index is 11.5. The smallest absolute Gasteiger partial charge is 0.225 e. The minimum absolute atomic E-state index is 0.0243. The maximum Gasteiger partial charge on any atom is 0.225 e. The number of rotatable bonds is 5. The number of carbonyl (C=O) groups is 1. The molecule has 17 heavy (non-hydrogen) atoms. The molecule has 0 aliphatic carbocycles. The third-order valence-electron chi connectivity index (χ3n) is 1.95. The number of hydrogen-bond acceptors (Lipinski definition) is 3. The van der Waals surface area contributed by atoms with Gasteiger partial charge in [0.05, 0.1) is 11.1 Å². The van der Waals surface area contributed by atoms with Gasteiger partial charge in [0.1, 0.15) is 9.84 Å². The molecule has 0 aliphatic rings. The van der Waals surface area contributed by atoms with Gasteiger partial charge in [0.25, 0.3) is 0 Å². The van der Waals surface area contributed by atoms with Crippen LogP contribution in [-0.4, -0.2) is 31.7 Å². The topological polar surface area (TPSA) is 63.2 Å². The Bertz CT molecular complexity index is 473. The van der Waals surface area contributed by atoms with E-state index < -0.39 is 15.2 Å². The summed E-state index contributed by atoms with van der Waals surface area (Å²) in [5.74, 6) is -0.489. The van der Waals surface area contributed by atoms with E-state index >= 15 is 0 Å². The first-order valence-corrected chi connectivity index (χ1v) is 7.53. The Labute approximate surface area is 106 Å². The average Bonchev–Trinajstić information content (AvgIpc) is 2.15. The van der Waals surface area contributed by atoms with Gasteiger partial charge in [-0.3, -0.25) is 4.79 Å². The van der Waals surface area contributed by atoms with Crippen molar-refractivity contribution in [3.8, 4) is 0 Å². The molecule has 0 fully saturated rings. The molecule has 1 aromatic carbocycles. The molecule has 0 saturated carbocycles. The molecular weight excluding hydrogens is 262 g/mol. The molecule has 6 heteroatoms. The molecule has 0 aliphatic heterocycles. The van der Waals surface area contributed by atoms with E-state index in [1.165, 1.54) is 0 Å². The molecule has 0 spiro atoms. The van der Waals surface area contributed by atoms with Crippen molar-refractivity contribution in [2.75, 3.05) is 17.3 Å². The summed E-state index contributed by atoms with van der Waals surface area (Å²) in [6, 6.07) is 8.92. The lowest BCUT2D eigenvalue weighted by molar-refractivity contribution is -0.116. The van der Waals surface area contributed by atoms with Crippen molar-refractivity contribution < 1.29 is 13.2 Å². The summed E-state index contributed by atoms with van der Waals surface area (Å²) in [5.41, 5.74) is 0.667. The lowest BCUT2D eigenvalue weighted by atomic mass is 10.3. The highest BCUT2D eigenvalue weighted by Gasteiger charge is 2.16. The Morgan fingerprint density at radius 2 is 1.94 bits per heavy atom. The Morgan fingerprint density at radius 1 is 1.35 bits per heavy atom. The van der Waals surface area contributed by atoms with Crippen LogP contribution in [0.4, 0.5) is 5.69 Å². The van der Waals surface area contributed by atoms with Crippen LogP contribution in [0.15, 0.2) is 30.3 Å². The fourth-order valence-corrected chi connectivity index (χ4v) is 2.92.